The van der Waals surface area contributed by atoms with Crippen molar-refractivity contribution in [3.63, 3.8) is 0 Å². The second-order valence-electron chi connectivity index (χ2n) is 4.58. The second kappa shape index (κ2) is 5.75. The van der Waals surface area contributed by atoms with Gasteiger partial charge >= 0.3 is 6.55 Å². The first-order valence-corrected chi connectivity index (χ1v) is 6.86. The van der Waals surface area contributed by atoms with Crippen LogP contribution in [0.3, 0.4) is 0 Å². The summed E-state index contributed by atoms with van der Waals surface area (Å²) in [4.78, 5) is 1.69. The van der Waals surface area contributed by atoms with Gasteiger partial charge in [0.2, 0.25) is 0 Å². The Kier molecular flexibility index (Phi) is 3.81. The molecule has 0 bridgehead atoms. The molecule has 2 aromatic carbocycles. The van der Waals surface area contributed by atoms with Crippen LogP contribution in [-0.4, -0.2) is 16.7 Å². The van der Waals surface area contributed by atoms with E-state index in [4.69, 9.17) is 12.2 Å². The van der Waals surface area contributed by atoms with Crippen LogP contribution in [0, 0.1) is 0 Å². The molecule has 108 valence electrons. The molecule has 3 nitrogen and oxygen atoms in total. The number of hydrogen-bond acceptors (Lipinski definition) is 2. The molecule has 0 amide bonds. The number of hydrogen-bond donors (Lipinski definition) is 1. The molecule has 2 aromatic rings. The lowest BCUT2D eigenvalue weighted by Gasteiger charge is -2.24. The minimum absolute atomic E-state index is 0.0602. The van der Waals surface area contributed by atoms with Crippen molar-refractivity contribution in [3.05, 3.63) is 66.2 Å². The average molecular weight is 305 g/mol. The number of halogens is 2. The maximum absolute atomic E-state index is 13.1. The van der Waals surface area contributed by atoms with E-state index in [1.165, 1.54) is 0 Å². The normalized spacial score (nSPS) is 18.6. The predicted octanol–water partition coefficient (Wildman–Crippen LogP) is 3.52. The van der Waals surface area contributed by atoms with Crippen molar-refractivity contribution in [2.75, 3.05) is 4.90 Å². The third-order valence-corrected chi connectivity index (χ3v) is 3.67. The first-order valence-electron chi connectivity index (χ1n) is 6.45. The van der Waals surface area contributed by atoms with E-state index in [0.29, 0.717) is 0 Å². The molecule has 0 radical (unpaired) electrons. The number of rotatable bonds is 3. The lowest BCUT2D eigenvalue weighted by atomic mass is 10.1. The van der Waals surface area contributed by atoms with E-state index in [9.17, 15) is 8.78 Å². The highest BCUT2D eigenvalue weighted by Crippen LogP contribution is 2.32. The van der Waals surface area contributed by atoms with E-state index in [1.54, 1.807) is 4.90 Å². The summed E-state index contributed by atoms with van der Waals surface area (Å²) in [5, 5.41) is 0.782. The maximum Gasteiger partial charge on any atom is 0.330 e. The van der Waals surface area contributed by atoms with Crippen LogP contribution in [0.15, 0.2) is 60.7 Å². The summed E-state index contributed by atoms with van der Waals surface area (Å²) in [6.07, 6.45) is -0.449. The Labute approximate surface area is 126 Å². The van der Waals surface area contributed by atoms with E-state index in [1.807, 2.05) is 60.7 Å². The molecular formula is C15H13F2N3S. The fourth-order valence-corrected chi connectivity index (χ4v) is 2.66. The summed E-state index contributed by atoms with van der Waals surface area (Å²) in [5.74, 6) is 0. The second-order valence-corrected chi connectivity index (χ2v) is 4.94. The zero-order valence-electron chi connectivity index (χ0n) is 11.0. The molecule has 0 saturated carbocycles. The van der Waals surface area contributed by atoms with E-state index >= 15 is 0 Å². The number of para-hydroxylation sites is 1. The first-order chi connectivity index (χ1) is 10.2. The molecule has 1 aliphatic rings. The van der Waals surface area contributed by atoms with Gasteiger partial charge in [-0.25, -0.2) is 10.4 Å². The molecule has 3 rings (SSSR count). The van der Waals surface area contributed by atoms with Crippen LogP contribution in [0.1, 0.15) is 11.7 Å². The summed E-state index contributed by atoms with van der Waals surface area (Å²) in [7, 11) is 0. The molecule has 1 unspecified atom stereocenters. The maximum atomic E-state index is 13.1. The molecule has 1 N–H and O–H groups in total. The Morgan fingerprint density at radius 1 is 0.952 bits per heavy atom. The standard InChI is InChI=1S/C15H13F2N3S/c16-14(17)20-15(21)19(12-9-5-2-6-10-12)13(18-20)11-7-3-1-4-8-11/h1-10,13-14,18H. The van der Waals surface area contributed by atoms with E-state index < -0.39 is 12.7 Å². The summed E-state index contributed by atoms with van der Waals surface area (Å²) in [6, 6.07) is 18.7. The fourth-order valence-electron chi connectivity index (χ4n) is 2.32. The van der Waals surface area contributed by atoms with Crippen molar-refractivity contribution >= 4 is 23.0 Å². The van der Waals surface area contributed by atoms with Crippen molar-refractivity contribution in [3.8, 4) is 0 Å². The van der Waals surface area contributed by atoms with Crippen molar-refractivity contribution in [2.24, 2.45) is 0 Å². The number of nitrogens with one attached hydrogen (secondary N) is 1. The van der Waals surface area contributed by atoms with Gasteiger partial charge in [-0.05, 0) is 29.9 Å². The van der Waals surface area contributed by atoms with Gasteiger partial charge in [-0.2, -0.15) is 8.78 Å². The largest absolute Gasteiger partial charge is 0.330 e. The van der Waals surface area contributed by atoms with Gasteiger partial charge in [0.15, 0.2) is 5.11 Å². The topological polar surface area (TPSA) is 18.5 Å². The van der Waals surface area contributed by atoms with Crippen LogP contribution >= 0.6 is 12.2 Å². The fraction of sp³-hybridized carbons (Fsp3) is 0.133. The molecule has 1 heterocycles. The molecule has 0 spiro atoms. The summed E-state index contributed by atoms with van der Waals surface area (Å²) in [6.45, 7) is -2.70. The highest BCUT2D eigenvalue weighted by molar-refractivity contribution is 7.80. The Hall–Kier alpha value is -2.05. The lowest BCUT2D eigenvalue weighted by Crippen LogP contribution is -2.39. The molecule has 0 aromatic heterocycles. The van der Waals surface area contributed by atoms with Gasteiger partial charge in [0.1, 0.15) is 6.17 Å². The van der Waals surface area contributed by atoms with Gasteiger partial charge in [-0.1, -0.05) is 48.5 Å². The Morgan fingerprint density at radius 3 is 2.10 bits per heavy atom. The lowest BCUT2D eigenvalue weighted by molar-refractivity contribution is -0.00392. The number of thiocarbonyl (C=S) groups is 1. The molecule has 1 fully saturated rings. The zero-order valence-corrected chi connectivity index (χ0v) is 11.8. The Balaban J connectivity index is 2.02. The minimum atomic E-state index is -2.70. The van der Waals surface area contributed by atoms with Crippen molar-refractivity contribution < 1.29 is 8.78 Å². The van der Waals surface area contributed by atoms with Crippen molar-refractivity contribution in [1.82, 2.24) is 10.4 Å². The van der Waals surface area contributed by atoms with E-state index in [2.05, 4.69) is 5.43 Å². The number of hydrazine groups is 1. The SMILES string of the molecule is FC(F)N1NC(c2ccccc2)N(c2ccccc2)C1=S. The molecular weight excluding hydrogens is 292 g/mol. The molecule has 1 saturated heterocycles. The predicted molar refractivity (Wildman–Crippen MR) is 81.7 cm³/mol. The number of anilines is 1. The quantitative estimate of drug-likeness (QED) is 0.690. The van der Waals surface area contributed by atoms with E-state index in [-0.39, 0.29) is 5.11 Å². The minimum Gasteiger partial charge on any atom is -0.296 e. The monoisotopic (exact) mass is 305 g/mol. The molecule has 1 atom stereocenters. The van der Waals surface area contributed by atoms with Crippen LogP contribution < -0.4 is 10.3 Å². The highest BCUT2D eigenvalue weighted by atomic mass is 32.1. The summed E-state index contributed by atoms with van der Waals surface area (Å²) >= 11 is 5.21. The summed E-state index contributed by atoms with van der Waals surface area (Å²) in [5.41, 5.74) is 4.41. The third-order valence-electron chi connectivity index (χ3n) is 3.28. The van der Waals surface area contributed by atoms with Crippen molar-refractivity contribution in [2.45, 2.75) is 12.7 Å². The summed E-state index contributed by atoms with van der Waals surface area (Å²) < 4.78 is 26.2. The first kappa shape index (κ1) is 13.9. The van der Waals surface area contributed by atoms with Gasteiger partial charge in [0.25, 0.3) is 0 Å². The number of alkyl halides is 2. The zero-order chi connectivity index (χ0) is 14.8. The molecule has 0 aliphatic carbocycles. The van der Waals surface area contributed by atoms with Crippen LogP contribution in [0.25, 0.3) is 0 Å². The van der Waals surface area contributed by atoms with Gasteiger partial charge < -0.3 is 0 Å². The highest BCUT2D eigenvalue weighted by Gasteiger charge is 2.39. The van der Waals surface area contributed by atoms with Crippen LogP contribution in [-0.2, 0) is 0 Å². The third kappa shape index (κ3) is 2.59. The Morgan fingerprint density at radius 2 is 1.52 bits per heavy atom. The van der Waals surface area contributed by atoms with Gasteiger partial charge in [0.05, 0.1) is 0 Å². The van der Waals surface area contributed by atoms with Gasteiger partial charge in [-0.3, -0.25) is 4.90 Å². The van der Waals surface area contributed by atoms with E-state index in [0.717, 1.165) is 16.3 Å². The van der Waals surface area contributed by atoms with Crippen molar-refractivity contribution in [1.29, 1.82) is 0 Å². The average Bonchev–Trinajstić information content (AvgIpc) is 2.87. The number of benzene rings is 2. The molecule has 21 heavy (non-hydrogen) atoms. The van der Waals surface area contributed by atoms with Crippen LogP contribution in [0.2, 0.25) is 0 Å². The smallest absolute Gasteiger partial charge is 0.296 e. The van der Waals surface area contributed by atoms with Gasteiger partial charge in [-0.15, -0.1) is 0 Å². The Bertz CT molecular complexity index is 621. The molecule has 1 aliphatic heterocycles. The van der Waals surface area contributed by atoms with Crippen LogP contribution in [0.5, 0.6) is 0 Å². The number of nitrogens with zero attached hydrogens (tertiary/aromatic N) is 2. The molecule has 6 heteroatoms. The van der Waals surface area contributed by atoms with Gasteiger partial charge in [0, 0.05) is 5.69 Å². The van der Waals surface area contributed by atoms with Crippen LogP contribution in [0.4, 0.5) is 14.5 Å².